The summed E-state index contributed by atoms with van der Waals surface area (Å²) in [6, 6.07) is 0.0995. The largest absolute Gasteiger partial charge is 0.378 e. The van der Waals surface area contributed by atoms with Gasteiger partial charge in [-0.25, -0.2) is 24.5 Å². The molecule has 5 aliphatic rings. The molecule has 0 spiro atoms. The summed E-state index contributed by atoms with van der Waals surface area (Å²) < 4.78 is 0. The van der Waals surface area contributed by atoms with E-state index in [9.17, 15) is 0 Å². The number of aromatic amines is 1. The zero-order chi connectivity index (χ0) is 31.3. The minimum atomic E-state index is -0.522. The highest BCUT2D eigenvalue weighted by Gasteiger charge is 2.50. The van der Waals surface area contributed by atoms with Gasteiger partial charge in [0.15, 0.2) is 0 Å². The van der Waals surface area contributed by atoms with E-state index in [0.717, 1.165) is 61.5 Å². The van der Waals surface area contributed by atoms with Crippen LogP contribution in [0.25, 0.3) is 18.2 Å². The summed E-state index contributed by atoms with van der Waals surface area (Å²) in [5.74, 6) is 0.169. The SMILES string of the molecule is C=Cc1c(C)/c2[nH]/c1=C\C1=NC(=C\C3NC(=C(C)C3C)/C=C3N=C(/C=2)C2=CC=C(COOC)[C@@H](COOC)[C@]2\3C)/C(C)=C1C. The molecule has 0 radical (unpaired) electrons. The maximum absolute atomic E-state index is 5.61. The molecule has 44 heavy (non-hydrogen) atoms. The van der Waals surface area contributed by atoms with E-state index in [2.05, 4.69) is 94.9 Å². The Balaban J connectivity index is 1.63. The zero-order valence-electron chi connectivity index (χ0n) is 26.9. The molecule has 0 saturated carbocycles. The minimum absolute atomic E-state index is 0.0995. The van der Waals surface area contributed by atoms with Crippen molar-refractivity contribution in [2.75, 3.05) is 27.4 Å². The summed E-state index contributed by atoms with van der Waals surface area (Å²) in [7, 11) is 3.06. The van der Waals surface area contributed by atoms with Gasteiger partial charge in [0.1, 0.15) is 6.61 Å². The number of aromatic nitrogens is 1. The smallest absolute Gasteiger partial charge is 0.104 e. The molecule has 0 saturated heterocycles. The summed E-state index contributed by atoms with van der Waals surface area (Å²) in [6.45, 7) is 17.9. The number of allylic oxidation sites excluding steroid dienone is 6. The third-order valence-corrected chi connectivity index (χ3v) is 10.2. The topological polar surface area (TPSA) is 89.5 Å². The van der Waals surface area contributed by atoms with Gasteiger partial charge in [-0.05, 0) is 92.4 Å². The monoisotopic (exact) mass is 594 g/mol. The fraction of sp³-hybridized carbons (Fsp3) is 0.389. The molecule has 2 N–H and O–H groups in total. The van der Waals surface area contributed by atoms with Crippen molar-refractivity contribution in [3.05, 3.63) is 97.7 Å². The fourth-order valence-electron chi connectivity index (χ4n) is 7.00. The summed E-state index contributed by atoms with van der Waals surface area (Å²) >= 11 is 0. The van der Waals surface area contributed by atoms with Gasteiger partial charge in [0.25, 0.3) is 0 Å². The van der Waals surface area contributed by atoms with Crippen molar-refractivity contribution in [1.82, 2.24) is 10.3 Å². The minimum Gasteiger partial charge on any atom is -0.378 e. The number of nitrogens with one attached hydrogen (secondary N) is 2. The first-order valence-corrected chi connectivity index (χ1v) is 15.2. The molecule has 0 aromatic carbocycles. The van der Waals surface area contributed by atoms with Crippen molar-refractivity contribution in [3.63, 3.8) is 0 Å². The number of hydrogen-bond acceptors (Lipinski definition) is 7. The fourth-order valence-corrected chi connectivity index (χ4v) is 7.00. The third-order valence-electron chi connectivity index (χ3n) is 10.2. The highest BCUT2D eigenvalue weighted by atomic mass is 17.2. The van der Waals surface area contributed by atoms with Gasteiger partial charge in [-0.15, -0.1) is 0 Å². The van der Waals surface area contributed by atoms with E-state index in [1.807, 2.05) is 6.08 Å². The number of H-pyrrole nitrogens is 1. The van der Waals surface area contributed by atoms with E-state index >= 15 is 0 Å². The molecular formula is C36H42N4O4. The third kappa shape index (κ3) is 4.77. The van der Waals surface area contributed by atoms with Crippen molar-refractivity contribution < 1.29 is 19.6 Å². The first-order valence-electron chi connectivity index (χ1n) is 15.2. The average molecular weight is 595 g/mol. The van der Waals surface area contributed by atoms with Crippen LogP contribution in [0.15, 0.2) is 85.8 Å². The molecule has 1 aromatic rings. The molecular weight excluding hydrogens is 552 g/mol. The van der Waals surface area contributed by atoms with Crippen molar-refractivity contribution in [2.45, 2.75) is 47.6 Å². The Labute approximate surface area is 259 Å². The van der Waals surface area contributed by atoms with Gasteiger partial charge in [-0.1, -0.05) is 31.7 Å². The second kappa shape index (κ2) is 11.6. The normalized spacial score (nSPS) is 31.3. The molecule has 230 valence electrons. The number of fused-ring (bicyclic) bond motifs is 9. The van der Waals surface area contributed by atoms with E-state index in [-0.39, 0.29) is 17.9 Å². The van der Waals surface area contributed by atoms with E-state index in [4.69, 9.17) is 29.5 Å². The molecule has 1 aromatic heterocycles. The zero-order valence-corrected chi connectivity index (χ0v) is 26.9. The lowest BCUT2D eigenvalue weighted by molar-refractivity contribution is -0.285. The molecule has 1 aliphatic carbocycles. The number of nitrogens with zero attached hydrogens (tertiary/aromatic N) is 2. The van der Waals surface area contributed by atoms with Gasteiger partial charge in [0.05, 0.1) is 49.7 Å². The maximum atomic E-state index is 5.61. The lowest BCUT2D eigenvalue weighted by Crippen LogP contribution is -2.38. The van der Waals surface area contributed by atoms with Crippen LogP contribution in [0, 0.1) is 24.2 Å². The predicted molar refractivity (Wildman–Crippen MR) is 176 cm³/mol. The van der Waals surface area contributed by atoms with Gasteiger partial charge in [0, 0.05) is 39.2 Å². The van der Waals surface area contributed by atoms with Crippen molar-refractivity contribution in [2.24, 2.45) is 27.2 Å². The van der Waals surface area contributed by atoms with Crippen LogP contribution in [-0.2, 0) is 19.6 Å². The highest BCUT2D eigenvalue weighted by molar-refractivity contribution is 6.24. The molecule has 4 atom stereocenters. The van der Waals surface area contributed by atoms with Gasteiger partial charge >= 0.3 is 0 Å². The van der Waals surface area contributed by atoms with Crippen LogP contribution in [0.2, 0.25) is 0 Å². The first kappa shape index (κ1) is 30.2. The number of hydrogen-bond donors (Lipinski definition) is 2. The molecule has 8 bridgehead atoms. The molecule has 6 rings (SSSR count). The first-order chi connectivity index (χ1) is 21.1. The van der Waals surface area contributed by atoms with E-state index in [0.29, 0.717) is 13.2 Å². The Morgan fingerprint density at radius 2 is 1.70 bits per heavy atom. The quantitative estimate of drug-likeness (QED) is 0.340. The summed E-state index contributed by atoms with van der Waals surface area (Å²) in [5.41, 5.74) is 12.4. The van der Waals surface area contributed by atoms with Crippen LogP contribution in [0.1, 0.15) is 45.7 Å². The van der Waals surface area contributed by atoms with Crippen LogP contribution in [0.5, 0.6) is 0 Å². The molecule has 5 heterocycles. The summed E-state index contributed by atoms with van der Waals surface area (Å²) in [4.78, 5) is 35.3. The van der Waals surface area contributed by atoms with Crippen LogP contribution in [-0.4, -0.2) is 49.9 Å². The molecule has 0 fully saturated rings. The second-order valence-corrected chi connectivity index (χ2v) is 12.3. The van der Waals surface area contributed by atoms with Gasteiger partial charge in [-0.2, -0.15) is 0 Å². The Morgan fingerprint density at radius 3 is 2.43 bits per heavy atom. The number of rotatable bonds is 7. The molecule has 8 heteroatoms. The molecule has 8 nitrogen and oxygen atoms in total. The van der Waals surface area contributed by atoms with Crippen LogP contribution < -0.4 is 16.0 Å². The Hall–Kier alpha value is -3.82. The lowest BCUT2D eigenvalue weighted by atomic mass is 9.64. The average Bonchev–Trinajstić information content (AvgIpc) is 3.64. The Bertz CT molecular complexity index is 1810. The van der Waals surface area contributed by atoms with E-state index < -0.39 is 5.41 Å². The lowest BCUT2D eigenvalue weighted by Gasteiger charge is -2.39. The van der Waals surface area contributed by atoms with Gasteiger partial charge in [-0.3, -0.25) is 4.99 Å². The van der Waals surface area contributed by atoms with Crippen LogP contribution in [0.3, 0.4) is 0 Å². The van der Waals surface area contributed by atoms with Gasteiger partial charge < -0.3 is 10.3 Å². The maximum Gasteiger partial charge on any atom is 0.104 e. The summed E-state index contributed by atoms with van der Waals surface area (Å²) in [5, 5.41) is 5.78. The Kier molecular flexibility index (Phi) is 7.96. The second-order valence-electron chi connectivity index (χ2n) is 12.3. The van der Waals surface area contributed by atoms with Crippen molar-refractivity contribution in [3.8, 4) is 0 Å². The van der Waals surface area contributed by atoms with E-state index in [1.165, 1.54) is 30.9 Å². The van der Waals surface area contributed by atoms with E-state index in [1.54, 1.807) is 0 Å². The standard InChI is InChI=1S/C36H42N4O4/c1-10-25-23(6)31-15-34-26-12-11-24(17-43-41-8)27(18-44-42-9)36(26,7)35(40-34)16-32-22(5)21(4)29(38-32)13-28-19(2)20(3)30(37-28)14-33(25)39-31/h10-16,21,27,29,38-39H,1,17-18H2,2-9H3/b28-13-,31-15+,33-14-,35-16-/t21?,27-,29?,36+/m1/s1. The number of aliphatic imine (C=N–C) groups is 2. The summed E-state index contributed by atoms with van der Waals surface area (Å²) in [6.07, 6.45) is 15.0. The Morgan fingerprint density at radius 1 is 0.955 bits per heavy atom. The predicted octanol–water partition coefficient (Wildman–Crippen LogP) is 5.08. The van der Waals surface area contributed by atoms with Crippen LogP contribution in [0.4, 0.5) is 0 Å². The van der Waals surface area contributed by atoms with Crippen molar-refractivity contribution in [1.29, 1.82) is 0 Å². The molecule has 0 amide bonds. The van der Waals surface area contributed by atoms with Crippen molar-refractivity contribution >= 4 is 29.7 Å². The molecule has 4 aliphatic heterocycles. The molecule has 2 unspecified atom stereocenters. The van der Waals surface area contributed by atoms with Crippen LogP contribution >= 0.6 is 0 Å². The van der Waals surface area contributed by atoms with Gasteiger partial charge in [0.2, 0.25) is 0 Å². The highest BCUT2D eigenvalue weighted by Crippen LogP contribution is 2.53.